The number of morpholine rings is 1. The van der Waals surface area contributed by atoms with Gasteiger partial charge in [0.2, 0.25) is 0 Å². The molecule has 2 saturated heterocycles. The Morgan fingerprint density at radius 2 is 1.89 bits per heavy atom. The van der Waals surface area contributed by atoms with Gasteiger partial charge in [-0.15, -0.1) is 0 Å². The standard InChI is InChI=1S/C12H17N3O2S/c1-13-10(11(16)14(2)12(13)18)4-3-5-15-6-8-17-9-7-15/h3-5H,6-9H2,1-2H3/b5-3+,10-4+. The van der Waals surface area contributed by atoms with Gasteiger partial charge in [0.15, 0.2) is 5.11 Å². The molecule has 0 aromatic carbocycles. The molecule has 0 bridgehead atoms. The molecule has 2 heterocycles. The molecule has 0 aliphatic carbocycles. The number of carbonyl (C=O) groups is 1. The van der Waals surface area contributed by atoms with Crippen molar-refractivity contribution >= 4 is 23.2 Å². The molecule has 0 unspecified atom stereocenters. The lowest BCUT2D eigenvalue weighted by molar-refractivity contribution is -0.121. The van der Waals surface area contributed by atoms with Crippen molar-refractivity contribution < 1.29 is 9.53 Å². The summed E-state index contributed by atoms with van der Waals surface area (Å²) in [6, 6.07) is 0. The lowest BCUT2D eigenvalue weighted by Crippen LogP contribution is -2.31. The molecular weight excluding hydrogens is 250 g/mol. The van der Waals surface area contributed by atoms with Gasteiger partial charge in [-0.1, -0.05) is 0 Å². The predicted molar refractivity (Wildman–Crippen MR) is 72.7 cm³/mol. The zero-order valence-corrected chi connectivity index (χ0v) is 11.4. The number of ether oxygens (including phenoxy) is 1. The van der Waals surface area contributed by atoms with Crippen LogP contribution in [0.15, 0.2) is 24.0 Å². The Bertz CT molecular complexity index is 414. The largest absolute Gasteiger partial charge is 0.378 e. The van der Waals surface area contributed by atoms with E-state index in [2.05, 4.69) is 4.90 Å². The van der Waals surface area contributed by atoms with Crippen molar-refractivity contribution in [2.45, 2.75) is 0 Å². The zero-order chi connectivity index (χ0) is 13.1. The Balaban J connectivity index is 2.02. The summed E-state index contributed by atoms with van der Waals surface area (Å²) >= 11 is 5.13. The minimum atomic E-state index is -0.0610. The van der Waals surface area contributed by atoms with Gasteiger partial charge in [0, 0.05) is 27.2 Å². The molecule has 2 aliphatic heterocycles. The molecule has 2 fully saturated rings. The SMILES string of the molecule is CN1C(=O)/C(=C\C=C\N2CCOCC2)N(C)C1=S. The second kappa shape index (κ2) is 5.49. The third kappa shape index (κ3) is 2.54. The molecule has 2 rings (SSSR count). The number of allylic oxidation sites excluding steroid dienone is 2. The highest BCUT2D eigenvalue weighted by molar-refractivity contribution is 7.80. The van der Waals surface area contributed by atoms with Crippen LogP contribution < -0.4 is 0 Å². The molecule has 0 spiro atoms. The van der Waals surface area contributed by atoms with Gasteiger partial charge in [-0.25, -0.2) is 0 Å². The molecule has 0 saturated carbocycles. The molecule has 5 nitrogen and oxygen atoms in total. The molecule has 0 atom stereocenters. The number of thiocarbonyl (C=S) groups is 1. The number of carbonyl (C=O) groups excluding carboxylic acids is 1. The van der Waals surface area contributed by atoms with Crippen LogP contribution in [0.5, 0.6) is 0 Å². The third-order valence-corrected chi connectivity index (χ3v) is 3.60. The first-order valence-corrected chi connectivity index (χ1v) is 6.28. The van der Waals surface area contributed by atoms with E-state index in [0.717, 1.165) is 26.3 Å². The smallest absolute Gasteiger partial charge is 0.276 e. The summed E-state index contributed by atoms with van der Waals surface area (Å²) in [5, 5.41) is 0.533. The van der Waals surface area contributed by atoms with Crippen LogP contribution in [-0.4, -0.2) is 66.1 Å². The van der Waals surface area contributed by atoms with Gasteiger partial charge < -0.3 is 14.5 Å². The number of hydrogen-bond acceptors (Lipinski definition) is 4. The fourth-order valence-corrected chi connectivity index (χ4v) is 2.08. The Morgan fingerprint density at radius 3 is 2.44 bits per heavy atom. The van der Waals surface area contributed by atoms with E-state index < -0.39 is 0 Å². The molecule has 6 heteroatoms. The summed E-state index contributed by atoms with van der Waals surface area (Å²) in [5.74, 6) is -0.0610. The highest BCUT2D eigenvalue weighted by Gasteiger charge is 2.32. The van der Waals surface area contributed by atoms with E-state index in [1.165, 1.54) is 4.90 Å². The molecule has 0 aromatic heterocycles. The summed E-state index contributed by atoms with van der Waals surface area (Å²) in [6.45, 7) is 3.29. The van der Waals surface area contributed by atoms with Gasteiger partial charge >= 0.3 is 0 Å². The van der Waals surface area contributed by atoms with Crippen molar-refractivity contribution in [3.8, 4) is 0 Å². The van der Waals surface area contributed by atoms with Crippen LogP contribution in [-0.2, 0) is 9.53 Å². The highest BCUT2D eigenvalue weighted by atomic mass is 32.1. The van der Waals surface area contributed by atoms with Crippen molar-refractivity contribution in [3.63, 3.8) is 0 Å². The third-order valence-electron chi connectivity index (χ3n) is 3.06. The summed E-state index contributed by atoms with van der Waals surface area (Å²) in [5.41, 5.74) is 0.604. The molecular formula is C12H17N3O2S. The Hall–Kier alpha value is -1.40. The predicted octanol–water partition coefficient (Wildman–Crippen LogP) is 0.405. The summed E-state index contributed by atoms with van der Waals surface area (Å²) in [4.78, 5) is 17.2. The van der Waals surface area contributed by atoms with E-state index in [-0.39, 0.29) is 5.91 Å². The van der Waals surface area contributed by atoms with E-state index in [0.29, 0.717) is 10.8 Å². The Kier molecular flexibility index (Phi) is 3.98. The zero-order valence-electron chi connectivity index (χ0n) is 10.6. The fourth-order valence-electron chi connectivity index (χ4n) is 1.90. The van der Waals surface area contributed by atoms with Crippen molar-refractivity contribution in [3.05, 3.63) is 24.0 Å². The van der Waals surface area contributed by atoms with E-state index in [4.69, 9.17) is 17.0 Å². The van der Waals surface area contributed by atoms with Gasteiger partial charge in [0.1, 0.15) is 5.70 Å². The highest BCUT2D eigenvalue weighted by Crippen LogP contribution is 2.17. The summed E-state index contributed by atoms with van der Waals surface area (Å²) in [6.07, 6.45) is 5.67. The topological polar surface area (TPSA) is 36.0 Å². The molecule has 18 heavy (non-hydrogen) atoms. The molecule has 0 N–H and O–H groups in total. The van der Waals surface area contributed by atoms with E-state index in [1.807, 2.05) is 12.3 Å². The number of likely N-dealkylation sites (N-methyl/N-ethyl adjacent to an activating group) is 2. The van der Waals surface area contributed by atoms with Crippen LogP contribution in [0.4, 0.5) is 0 Å². The van der Waals surface area contributed by atoms with Gasteiger partial charge in [-0.2, -0.15) is 0 Å². The van der Waals surface area contributed by atoms with Crippen molar-refractivity contribution in [2.75, 3.05) is 40.4 Å². The second-order valence-electron chi connectivity index (χ2n) is 4.25. The van der Waals surface area contributed by atoms with Crippen LogP contribution in [0, 0.1) is 0 Å². The summed E-state index contributed by atoms with van der Waals surface area (Å²) < 4.78 is 5.26. The maximum atomic E-state index is 11.9. The number of amides is 1. The van der Waals surface area contributed by atoms with Gasteiger partial charge in [0.05, 0.1) is 13.2 Å². The van der Waals surface area contributed by atoms with E-state index >= 15 is 0 Å². The van der Waals surface area contributed by atoms with Crippen LogP contribution in [0.1, 0.15) is 0 Å². The first kappa shape index (κ1) is 13.0. The quantitative estimate of drug-likeness (QED) is 0.535. The number of rotatable bonds is 2. The van der Waals surface area contributed by atoms with E-state index in [1.54, 1.807) is 25.1 Å². The van der Waals surface area contributed by atoms with Crippen LogP contribution in [0.3, 0.4) is 0 Å². The minimum Gasteiger partial charge on any atom is -0.378 e. The molecule has 0 radical (unpaired) electrons. The normalized spacial score (nSPS) is 23.9. The maximum Gasteiger partial charge on any atom is 0.276 e. The van der Waals surface area contributed by atoms with Crippen molar-refractivity contribution in [1.29, 1.82) is 0 Å². The lowest BCUT2D eigenvalue weighted by Gasteiger charge is -2.24. The van der Waals surface area contributed by atoms with Crippen LogP contribution in [0.2, 0.25) is 0 Å². The minimum absolute atomic E-state index is 0.0610. The first-order valence-electron chi connectivity index (χ1n) is 5.87. The maximum absolute atomic E-state index is 11.9. The Labute approximate surface area is 112 Å². The molecule has 98 valence electrons. The van der Waals surface area contributed by atoms with Gasteiger partial charge in [0.25, 0.3) is 5.91 Å². The lowest BCUT2D eigenvalue weighted by atomic mass is 10.3. The average molecular weight is 267 g/mol. The Morgan fingerprint density at radius 1 is 1.22 bits per heavy atom. The van der Waals surface area contributed by atoms with Gasteiger partial charge in [-0.3, -0.25) is 9.69 Å². The van der Waals surface area contributed by atoms with Gasteiger partial charge in [-0.05, 0) is 30.6 Å². The van der Waals surface area contributed by atoms with Crippen molar-refractivity contribution in [2.24, 2.45) is 0 Å². The molecule has 1 amide bonds. The number of nitrogens with zero attached hydrogens (tertiary/aromatic N) is 3. The summed E-state index contributed by atoms with van der Waals surface area (Å²) in [7, 11) is 3.49. The molecule has 2 aliphatic rings. The number of hydrogen-bond donors (Lipinski definition) is 0. The van der Waals surface area contributed by atoms with Crippen LogP contribution in [0.25, 0.3) is 0 Å². The second-order valence-corrected chi connectivity index (χ2v) is 4.61. The van der Waals surface area contributed by atoms with E-state index in [9.17, 15) is 4.79 Å². The van der Waals surface area contributed by atoms with Crippen LogP contribution >= 0.6 is 12.2 Å². The first-order chi connectivity index (χ1) is 8.61. The van der Waals surface area contributed by atoms with Crippen molar-refractivity contribution in [1.82, 2.24) is 14.7 Å². The fraction of sp³-hybridized carbons (Fsp3) is 0.500. The average Bonchev–Trinajstić information content (AvgIpc) is 2.57. The molecule has 0 aromatic rings. The monoisotopic (exact) mass is 267 g/mol.